The van der Waals surface area contributed by atoms with Gasteiger partial charge in [-0.25, -0.2) is 0 Å². The van der Waals surface area contributed by atoms with Crippen molar-refractivity contribution in [3.05, 3.63) is 39.9 Å². The van der Waals surface area contributed by atoms with Crippen LogP contribution >= 0.6 is 0 Å². The van der Waals surface area contributed by atoms with Crippen LogP contribution in [0.2, 0.25) is 0 Å². The molecule has 1 atom stereocenters. The van der Waals surface area contributed by atoms with Crippen LogP contribution in [0.15, 0.2) is 24.3 Å². The van der Waals surface area contributed by atoms with Crippen LogP contribution in [-0.4, -0.2) is 35.5 Å². The molecule has 0 saturated carbocycles. The first-order valence-electron chi connectivity index (χ1n) is 7.39. The average molecular weight is 277 g/mol. The zero-order valence-electron chi connectivity index (χ0n) is 12.0. The first-order valence-corrected chi connectivity index (χ1v) is 7.39. The number of nitro benzene ring substituents is 1. The summed E-state index contributed by atoms with van der Waals surface area (Å²) in [7, 11) is 0. The van der Waals surface area contributed by atoms with Gasteiger partial charge < -0.3 is 5.32 Å². The fourth-order valence-corrected chi connectivity index (χ4v) is 2.81. The zero-order chi connectivity index (χ0) is 14.4. The fourth-order valence-electron chi connectivity index (χ4n) is 2.81. The zero-order valence-corrected chi connectivity index (χ0v) is 12.0. The summed E-state index contributed by atoms with van der Waals surface area (Å²) in [5, 5.41) is 14.2. The highest BCUT2D eigenvalue weighted by molar-refractivity contribution is 5.34. The Morgan fingerprint density at radius 2 is 2.30 bits per heavy atom. The average Bonchev–Trinajstić information content (AvgIpc) is 2.46. The Labute approximate surface area is 120 Å². The quantitative estimate of drug-likeness (QED) is 0.641. The van der Waals surface area contributed by atoms with Crippen molar-refractivity contribution in [3.63, 3.8) is 0 Å². The van der Waals surface area contributed by atoms with Crippen molar-refractivity contribution in [3.8, 4) is 0 Å². The summed E-state index contributed by atoms with van der Waals surface area (Å²) < 4.78 is 0. The predicted octanol–water partition coefficient (Wildman–Crippen LogP) is 2.56. The van der Waals surface area contributed by atoms with Gasteiger partial charge in [-0.05, 0) is 31.5 Å². The molecule has 20 heavy (non-hydrogen) atoms. The second-order valence-corrected chi connectivity index (χ2v) is 5.35. The Bertz CT molecular complexity index is 450. The van der Waals surface area contributed by atoms with Crippen LogP contribution in [0.5, 0.6) is 0 Å². The van der Waals surface area contributed by atoms with E-state index in [-0.39, 0.29) is 10.6 Å². The molecule has 0 radical (unpaired) electrons. The summed E-state index contributed by atoms with van der Waals surface area (Å²) in [5.41, 5.74) is 1.21. The molecule has 1 unspecified atom stereocenters. The molecule has 5 nitrogen and oxygen atoms in total. The van der Waals surface area contributed by atoms with E-state index in [0.29, 0.717) is 6.04 Å². The van der Waals surface area contributed by atoms with Crippen LogP contribution in [0.3, 0.4) is 0 Å². The van der Waals surface area contributed by atoms with Crippen molar-refractivity contribution in [2.45, 2.75) is 38.8 Å². The molecule has 1 heterocycles. The maximum atomic E-state index is 10.8. The number of hydrogen-bond donors (Lipinski definition) is 1. The minimum Gasteiger partial charge on any atom is -0.315 e. The first-order chi connectivity index (χ1) is 9.70. The van der Waals surface area contributed by atoms with E-state index in [1.54, 1.807) is 18.2 Å². The standard InChI is InChI=1S/C15H23N3O2/c1-2-16-11-15-7-3-4-9-17(15)12-13-6-5-8-14(10-13)18(19)20/h5-6,8,10,15-16H,2-4,7,9,11-12H2,1H3. The number of nitrogens with one attached hydrogen (secondary N) is 1. The van der Waals surface area contributed by atoms with Gasteiger partial charge in [0, 0.05) is 31.3 Å². The number of piperidine rings is 1. The van der Waals surface area contributed by atoms with Gasteiger partial charge in [0.1, 0.15) is 0 Å². The molecule has 1 aliphatic rings. The number of non-ortho nitro benzene ring substituents is 1. The van der Waals surface area contributed by atoms with E-state index in [1.807, 2.05) is 6.07 Å². The molecule has 110 valence electrons. The topological polar surface area (TPSA) is 58.4 Å². The minimum absolute atomic E-state index is 0.183. The Balaban J connectivity index is 2.02. The first kappa shape index (κ1) is 14.9. The molecular weight excluding hydrogens is 254 g/mol. The summed E-state index contributed by atoms with van der Waals surface area (Å²) >= 11 is 0. The predicted molar refractivity (Wildman–Crippen MR) is 79.7 cm³/mol. The highest BCUT2D eigenvalue weighted by Crippen LogP contribution is 2.21. The summed E-state index contributed by atoms with van der Waals surface area (Å²) in [4.78, 5) is 13.0. The third-order valence-corrected chi connectivity index (χ3v) is 3.89. The molecule has 1 aromatic rings. The van der Waals surface area contributed by atoms with Crippen molar-refractivity contribution < 1.29 is 4.92 Å². The highest BCUT2D eigenvalue weighted by Gasteiger charge is 2.22. The van der Waals surface area contributed by atoms with E-state index in [9.17, 15) is 10.1 Å². The lowest BCUT2D eigenvalue weighted by Gasteiger charge is -2.35. The number of benzene rings is 1. The molecule has 0 amide bonds. The molecule has 0 aliphatic carbocycles. The Kier molecular flexibility index (Phi) is 5.49. The van der Waals surface area contributed by atoms with Gasteiger partial charge in [0.15, 0.2) is 0 Å². The molecule has 0 bridgehead atoms. The van der Waals surface area contributed by atoms with Gasteiger partial charge in [-0.3, -0.25) is 15.0 Å². The van der Waals surface area contributed by atoms with Crippen LogP contribution in [0.1, 0.15) is 31.7 Å². The van der Waals surface area contributed by atoms with Gasteiger partial charge in [0.25, 0.3) is 5.69 Å². The molecule has 5 heteroatoms. The maximum Gasteiger partial charge on any atom is 0.269 e. The van der Waals surface area contributed by atoms with Crippen molar-refractivity contribution in [2.24, 2.45) is 0 Å². The van der Waals surface area contributed by atoms with E-state index in [2.05, 4.69) is 17.1 Å². The largest absolute Gasteiger partial charge is 0.315 e. The molecule has 0 spiro atoms. The lowest BCUT2D eigenvalue weighted by Crippen LogP contribution is -2.44. The Morgan fingerprint density at radius 1 is 1.45 bits per heavy atom. The molecular formula is C15H23N3O2. The van der Waals surface area contributed by atoms with Gasteiger partial charge >= 0.3 is 0 Å². The van der Waals surface area contributed by atoms with E-state index in [1.165, 1.54) is 19.3 Å². The molecule has 0 aromatic heterocycles. The molecule has 1 aromatic carbocycles. The van der Waals surface area contributed by atoms with Crippen LogP contribution < -0.4 is 5.32 Å². The van der Waals surface area contributed by atoms with Crippen LogP contribution in [0.25, 0.3) is 0 Å². The summed E-state index contributed by atoms with van der Waals surface area (Å²) in [6, 6.07) is 7.54. The van der Waals surface area contributed by atoms with E-state index >= 15 is 0 Å². The summed E-state index contributed by atoms with van der Waals surface area (Å²) in [6.45, 7) is 6.00. The lowest BCUT2D eigenvalue weighted by molar-refractivity contribution is -0.384. The van der Waals surface area contributed by atoms with Crippen molar-refractivity contribution in [1.29, 1.82) is 0 Å². The fraction of sp³-hybridized carbons (Fsp3) is 0.600. The van der Waals surface area contributed by atoms with Crippen LogP contribution in [-0.2, 0) is 6.54 Å². The summed E-state index contributed by atoms with van der Waals surface area (Å²) in [6.07, 6.45) is 3.71. The van der Waals surface area contributed by atoms with Crippen LogP contribution in [0, 0.1) is 10.1 Å². The molecule has 2 rings (SSSR count). The normalized spacial score (nSPS) is 19.9. The number of likely N-dealkylation sites (tertiary alicyclic amines) is 1. The summed E-state index contributed by atoms with van der Waals surface area (Å²) in [5.74, 6) is 0. The Morgan fingerprint density at radius 3 is 3.05 bits per heavy atom. The lowest BCUT2D eigenvalue weighted by atomic mass is 10.0. The number of nitro groups is 1. The van der Waals surface area contributed by atoms with Crippen molar-refractivity contribution in [2.75, 3.05) is 19.6 Å². The highest BCUT2D eigenvalue weighted by atomic mass is 16.6. The van der Waals surface area contributed by atoms with Gasteiger partial charge in [0.2, 0.25) is 0 Å². The monoisotopic (exact) mass is 277 g/mol. The van der Waals surface area contributed by atoms with E-state index < -0.39 is 0 Å². The SMILES string of the molecule is CCNCC1CCCCN1Cc1cccc([N+](=O)[O-])c1. The second kappa shape index (κ2) is 7.36. The third-order valence-electron chi connectivity index (χ3n) is 3.89. The van der Waals surface area contributed by atoms with Gasteiger partial charge in [-0.1, -0.05) is 25.5 Å². The number of likely N-dealkylation sites (N-methyl/N-ethyl adjacent to an activating group) is 1. The smallest absolute Gasteiger partial charge is 0.269 e. The van der Waals surface area contributed by atoms with Gasteiger partial charge in [0.05, 0.1) is 4.92 Å². The minimum atomic E-state index is -0.324. The second-order valence-electron chi connectivity index (χ2n) is 5.35. The number of rotatable bonds is 6. The molecule has 1 aliphatic heterocycles. The maximum absolute atomic E-state index is 10.8. The van der Waals surface area contributed by atoms with Crippen molar-refractivity contribution >= 4 is 5.69 Å². The van der Waals surface area contributed by atoms with Crippen LogP contribution in [0.4, 0.5) is 5.69 Å². The molecule has 1 N–H and O–H groups in total. The molecule has 1 saturated heterocycles. The number of nitrogens with zero attached hydrogens (tertiary/aromatic N) is 2. The Hall–Kier alpha value is -1.46. The van der Waals surface area contributed by atoms with E-state index in [4.69, 9.17) is 0 Å². The van der Waals surface area contributed by atoms with Crippen molar-refractivity contribution in [1.82, 2.24) is 10.2 Å². The van der Waals surface area contributed by atoms with Gasteiger partial charge in [-0.2, -0.15) is 0 Å². The molecule has 1 fully saturated rings. The van der Waals surface area contributed by atoms with E-state index in [0.717, 1.165) is 31.7 Å². The number of hydrogen-bond acceptors (Lipinski definition) is 4. The van der Waals surface area contributed by atoms with Gasteiger partial charge in [-0.15, -0.1) is 0 Å². The third kappa shape index (κ3) is 4.02.